The van der Waals surface area contributed by atoms with E-state index in [1.807, 2.05) is 13.8 Å². The molecule has 1 aromatic rings. The van der Waals surface area contributed by atoms with Crippen LogP contribution in [0.3, 0.4) is 0 Å². The van der Waals surface area contributed by atoms with Crippen molar-refractivity contribution in [1.29, 1.82) is 0 Å². The van der Waals surface area contributed by atoms with E-state index in [-0.39, 0.29) is 17.6 Å². The van der Waals surface area contributed by atoms with Crippen molar-refractivity contribution in [3.63, 3.8) is 0 Å². The number of carbonyl (C=O) groups is 3. The van der Waals surface area contributed by atoms with Gasteiger partial charge in [0.15, 0.2) is 5.78 Å². The summed E-state index contributed by atoms with van der Waals surface area (Å²) in [5.41, 5.74) is 0.149. The number of aromatic nitrogens is 2. The Morgan fingerprint density at radius 2 is 1.69 bits per heavy atom. The second kappa shape index (κ2) is 7.80. The molecule has 8 nitrogen and oxygen atoms in total. The third-order valence-electron chi connectivity index (χ3n) is 4.27. The van der Waals surface area contributed by atoms with E-state index >= 15 is 0 Å². The summed E-state index contributed by atoms with van der Waals surface area (Å²) < 4.78 is 10.7. The van der Waals surface area contributed by atoms with Gasteiger partial charge in [0.05, 0.1) is 11.3 Å². The maximum absolute atomic E-state index is 12.7. The highest BCUT2D eigenvalue weighted by molar-refractivity contribution is 6.00. The summed E-state index contributed by atoms with van der Waals surface area (Å²) in [7, 11) is 0. The number of nitrogens with one attached hydrogen (secondary N) is 2. The SMILES string of the molecule is CC1(C)CC(=O)c2c(C[C@H](NC(=O)OC(C)(C)C)C(=O)OC(C)(C)C)n[nH]c2C1. The quantitative estimate of drug-likeness (QED) is 0.741. The third kappa shape index (κ3) is 6.58. The van der Waals surface area contributed by atoms with Crippen molar-refractivity contribution in [2.75, 3.05) is 0 Å². The topological polar surface area (TPSA) is 110 Å². The second-order valence-electron chi connectivity index (χ2n) is 10.4. The molecule has 2 rings (SSSR count). The number of ketones is 1. The fourth-order valence-corrected chi connectivity index (χ4v) is 3.30. The molecule has 0 radical (unpaired) electrons. The van der Waals surface area contributed by atoms with E-state index in [0.717, 1.165) is 5.69 Å². The molecule has 0 saturated heterocycles. The number of esters is 1. The number of hydrogen-bond donors (Lipinski definition) is 2. The first-order chi connectivity index (χ1) is 13.1. The number of nitrogens with zero attached hydrogens (tertiary/aromatic N) is 1. The van der Waals surface area contributed by atoms with Gasteiger partial charge in [-0.25, -0.2) is 9.59 Å². The van der Waals surface area contributed by atoms with Crippen molar-refractivity contribution >= 4 is 17.8 Å². The number of alkyl carbamates (subject to hydrolysis) is 1. The Hall–Kier alpha value is -2.38. The molecule has 0 bridgehead atoms. The third-order valence-corrected chi connectivity index (χ3v) is 4.27. The van der Waals surface area contributed by atoms with E-state index in [4.69, 9.17) is 9.47 Å². The number of hydrogen-bond acceptors (Lipinski definition) is 6. The second-order valence-corrected chi connectivity index (χ2v) is 10.4. The van der Waals surface area contributed by atoms with E-state index in [2.05, 4.69) is 15.5 Å². The van der Waals surface area contributed by atoms with E-state index in [1.165, 1.54) is 0 Å². The van der Waals surface area contributed by atoms with Crippen molar-refractivity contribution in [1.82, 2.24) is 15.5 Å². The Bertz CT molecular complexity index is 796. The number of rotatable bonds is 4. The molecule has 8 heteroatoms. The largest absolute Gasteiger partial charge is 0.458 e. The predicted molar refractivity (Wildman–Crippen MR) is 108 cm³/mol. The number of amides is 1. The van der Waals surface area contributed by atoms with Crippen molar-refractivity contribution in [3.05, 3.63) is 17.0 Å². The molecule has 1 aliphatic rings. The van der Waals surface area contributed by atoms with Crippen LogP contribution in [0.25, 0.3) is 0 Å². The fraction of sp³-hybridized carbons (Fsp3) is 0.714. The number of carbonyl (C=O) groups excluding carboxylic acids is 3. The number of Topliss-reactive ketones (excluding diaryl/α,β-unsaturated/α-hetero) is 1. The molecule has 0 aliphatic heterocycles. The highest BCUT2D eigenvalue weighted by Gasteiger charge is 2.37. The van der Waals surface area contributed by atoms with Crippen molar-refractivity contribution in [3.8, 4) is 0 Å². The van der Waals surface area contributed by atoms with Crippen LogP contribution >= 0.6 is 0 Å². The van der Waals surface area contributed by atoms with E-state index in [1.54, 1.807) is 41.5 Å². The Labute approximate surface area is 172 Å². The van der Waals surface area contributed by atoms with Crippen LogP contribution in [-0.2, 0) is 27.1 Å². The van der Waals surface area contributed by atoms with Crippen LogP contribution in [0.1, 0.15) is 83.6 Å². The van der Waals surface area contributed by atoms with Crippen molar-refractivity contribution in [2.45, 2.75) is 91.9 Å². The van der Waals surface area contributed by atoms with Gasteiger partial charge in [0.2, 0.25) is 0 Å². The minimum atomic E-state index is -1.03. The fourth-order valence-electron chi connectivity index (χ4n) is 3.30. The molecular weight excluding hydrogens is 374 g/mol. The molecule has 0 fully saturated rings. The Morgan fingerprint density at radius 1 is 1.10 bits per heavy atom. The lowest BCUT2D eigenvalue weighted by Crippen LogP contribution is -2.47. The molecule has 1 heterocycles. The summed E-state index contributed by atoms with van der Waals surface area (Å²) in [4.78, 5) is 37.7. The van der Waals surface area contributed by atoms with E-state index in [0.29, 0.717) is 24.1 Å². The van der Waals surface area contributed by atoms with Crippen molar-refractivity contribution < 1.29 is 23.9 Å². The zero-order valence-corrected chi connectivity index (χ0v) is 18.7. The molecule has 1 amide bonds. The number of aromatic amines is 1. The van der Waals surface area contributed by atoms with Crippen LogP contribution in [0.2, 0.25) is 0 Å². The van der Waals surface area contributed by atoms with Gasteiger partial charge in [-0.05, 0) is 53.4 Å². The molecule has 0 aromatic carbocycles. The Kier molecular flexibility index (Phi) is 6.16. The molecule has 0 spiro atoms. The van der Waals surface area contributed by atoms with Crippen LogP contribution in [-0.4, -0.2) is 45.3 Å². The zero-order valence-electron chi connectivity index (χ0n) is 18.7. The minimum absolute atomic E-state index is 0.0137. The summed E-state index contributed by atoms with van der Waals surface area (Å²) >= 11 is 0. The first-order valence-electron chi connectivity index (χ1n) is 9.88. The summed E-state index contributed by atoms with van der Waals surface area (Å²) in [6, 6.07) is -1.03. The average Bonchev–Trinajstić information content (AvgIpc) is 2.84. The van der Waals surface area contributed by atoms with Gasteiger partial charge in [-0.2, -0.15) is 5.10 Å². The molecule has 0 saturated carbocycles. The zero-order chi connectivity index (χ0) is 22.2. The minimum Gasteiger partial charge on any atom is -0.458 e. The molecule has 2 N–H and O–H groups in total. The van der Waals surface area contributed by atoms with Gasteiger partial charge in [-0.3, -0.25) is 9.89 Å². The molecule has 1 aliphatic carbocycles. The molecule has 1 aromatic heterocycles. The van der Waals surface area contributed by atoms with Gasteiger partial charge in [-0.1, -0.05) is 13.8 Å². The molecule has 0 unspecified atom stereocenters. The maximum Gasteiger partial charge on any atom is 0.408 e. The highest BCUT2D eigenvalue weighted by atomic mass is 16.6. The van der Waals surface area contributed by atoms with Crippen molar-refractivity contribution in [2.24, 2.45) is 5.41 Å². The molecule has 162 valence electrons. The van der Waals surface area contributed by atoms with Crippen LogP contribution in [0.4, 0.5) is 4.79 Å². The summed E-state index contributed by atoms with van der Waals surface area (Å²) in [6.45, 7) is 14.5. The first-order valence-corrected chi connectivity index (χ1v) is 9.88. The Balaban J connectivity index is 2.27. The summed E-state index contributed by atoms with van der Waals surface area (Å²) in [5, 5.41) is 9.77. The monoisotopic (exact) mass is 407 g/mol. The summed E-state index contributed by atoms with van der Waals surface area (Å²) in [5.74, 6) is -0.621. The predicted octanol–water partition coefficient (Wildman–Crippen LogP) is 3.34. The maximum atomic E-state index is 12.7. The smallest absolute Gasteiger partial charge is 0.408 e. The molecule has 1 atom stereocenters. The average molecular weight is 408 g/mol. The van der Waals surface area contributed by atoms with Gasteiger partial charge in [0, 0.05) is 18.5 Å². The van der Waals surface area contributed by atoms with Gasteiger partial charge >= 0.3 is 12.1 Å². The molecule has 29 heavy (non-hydrogen) atoms. The molecular formula is C21H33N3O5. The standard InChI is InChI=1S/C21H33N3O5/c1-19(2,3)28-17(26)13(22-18(27)29-20(4,5)6)9-12-16-14(24-23-12)10-21(7,8)11-15(16)25/h13H,9-11H2,1-8H3,(H,22,27)(H,23,24)/t13-/m0/s1. The lowest BCUT2D eigenvalue weighted by molar-refractivity contribution is -0.157. The lowest BCUT2D eigenvalue weighted by Gasteiger charge is -2.28. The highest BCUT2D eigenvalue weighted by Crippen LogP contribution is 2.35. The summed E-state index contributed by atoms with van der Waals surface area (Å²) in [6.07, 6.45) is 0.401. The van der Waals surface area contributed by atoms with Gasteiger partial charge < -0.3 is 14.8 Å². The van der Waals surface area contributed by atoms with Gasteiger partial charge in [0.1, 0.15) is 17.2 Å². The Morgan fingerprint density at radius 3 is 2.24 bits per heavy atom. The normalized spacial score (nSPS) is 17.3. The first kappa shape index (κ1) is 22.9. The van der Waals surface area contributed by atoms with Crippen LogP contribution < -0.4 is 5.32 Å². The number of ether oxygens (including phenoxy) is 2. The number of H-pyrrole nitrogens is 1. The lowest BCUT2D eigenvalue weighted by atomic mass is 9.75. The van der Waals surface area contributed by atoms with Gasteiger partial charge in [0.25, 0.3) is 0 Å². The van der Waals surface area contributed by atoms with Gasteiger partial charge in [-0.15, -0.1) is 0 Å². The van der Waals surface area contributed by atoms with E-state index < -0.39 is 29.3 Å². The van der Waals surface area contributed by atoms with Crippen LogP contribution in [0, 0.1) is 5.41 Å². The van der Waals surface area contributed by atoms with E-state index in [9.17, 15) is 14.4 Å². The van der Waals surface area contributed by atoms with Crippen LogP contribution in [0.15, 0.2) is 0 Å². The number of fused-ring (bicyclic) bond motifs is 1. The van der Waals surface area contributed by atoms with Crippen LogP contribution in [0.5, 0.6) is 0 Å².